The molecule has 0 radical (unpaired) electrons. The maximum Gasteiger partial charge on any atom is 0.143 e. The molecule has 0 amide bonds. The van der Waals surface area contributed by atoms with E-state index in [2.05, 4.69) is 75.3 Å². The Morgan fingerprint density at radius 1 is 1.10 bits per heavy atom. The van der Waals surface area contributed by atoms with Gasteiger partial charge in [-0.15, -0.1) is 0 Å². The van der Waals surface area contributed by atoms with Gasteiger partial charge in [0.15, 0.2) is 0 Å². The zero-order valence-electron chi connectivity index (χ0n) is 11.5. The normalized spacial score (nSPS) is 12.4. The van der Waals surface area contributed by atoms with Gasteiger partial charge in [-0.05, 0) is 69.0 Å². The van der Waals surface area contributed by atoms with E-state index in [9.17, 15) is 5.11 Å². The molecule has 2 nitrogen and oxygen atoms in total. The van der Waals surface area contributed by atoms with Gasteiger partial charge >= 0.3 is 0 Å². The van der Waals surface area contributed by atoms with Gasteiger partial charge in [-0.25, -0.2) is 0 Å². The third-order valence-electron chi connectivity index (χ3n) is 3.27. The summed E-state index contributed by atoms with van der Waals surface area (Å²) in [5.41, 5.74) is 3.65. The van der Waals surface area contributed by atoms with E-state index in [1.54, 1.807) is 0 Å². The second-order valence-electron chi connectivity index (χ2n) is 4.92. The molecule has 1 atom stereocenters. The van der Waals surface area contributed by atoms with Gasteiger partial charge in [-0.3, -0.25) is 0 Å². The minimum atomic E-state index is 0.236. The van der Waals surface area contributed by atoms with Crippen molar-refractivity contribution in [1.82, 2.24) is 5.32 Å². The number of phenolic OH excluding ortho intramolecular Hbond substituents is 1. The molecule has 0 spiro atoms. The van der Waals surface area contributed by atoms with E-state index >= 15 is 0 Å². The Hall–Kier alpha value is -0.840. The molecule has 2 rings (SSSR count). The van der Waals surface area contributed by atoms with E-state index in [0.717, 1.165) is 12.1 Å². The summed E-state index contributed by atoms with van der Waals surface area (Å²) in [6.07, 6.45) is 0. The van der Waals surface area contributed by atoms with E-state index in [1.165, 1.54) is 11.1 Å². The Morgan fingerprint density at radius 3 is 2.20 bits per heavy atom. The van der Waals surface area contributed by atoms with Crippen molar-refractivity contribution in [2.75, 3.05) is 0 Å². The zero-order chi connectivity index (χ0) is 14.7. The van der Waals surface area contributed by atoms with Gasteiger partial charge in [0.25, 0.3) is 0 Å². The van der Waals surface area contributed by atoms with Gasteiger partial charge in [0.05, 0.1) is 8.95 Å². The minimum Gasteiger partial charge on any atom is -0.506 e. The number of benzene rings is 2. The molecule has 0 heterocycles. The maximum atomic E-state index is 9.70. The molecule has 0 fully saturated rings. The van der Waals surface area contributed by atoms with Crippen LogP contribution in [-0.4, -0.2) is 5.11 Å². The molecule has 0 saturated carbocycles. The number of nitrogens with one attached hydrogen (secondary N) is 1. The lowest BCUT2D eigenvalue weighted by Gasteiger charge is -2.15. The second kappa shape index (κ2) is 6.74. The van der Waals surface area contributed by atoms with Crippen molar-refractivity contribution in [2.24, 2.45) is 0 Å². The van der Waals surface area contributed by atoms with Crippen molar-refractivity contribution in [3.8, 4) is 5.75 Å². The van der Waals surface area contributed by atoms with Crippen molar-refractivity contribution < 1.29 is 5.11 Å². The highest BCUT2D eigenvalue weighted by Crippen LogP contribution is 2.33. The molecular weight excluding hydrogens is 382 g/mol. The van der Waals surface area contributed by atoms with Crippen LogP contribution in [0.1, 0.15) is 29.7 Å². The van der Waals surface area contributed by atoms with Crippen molar-refractivity contribution in [3.63, 3.8) is 0 Å². The Labute approximate surface area is 136 Å². The molecule has 106 valence electrons. The van der Waals surface area contributed by atoms with Gasteiger partial charge in [0, 0.05) is 12.6 Å². The summed E-state index contributed by atoms with van der Waals surface area (Å²) in [4.78, 5) is 0. The summed E-state index contributed by atoms with van der Waals surface area (Å²) < 4.78 is 1.40. The van der Waals surface area contributed by atoms with Crippen LogP contribution in [0, 0.1) is 6.92 Å². The fraction of sp³-hybridized carbons (Fsp3) is 0.250. The molecule has 2 N–H and O–H groups in total. The highest BCUT2D eigenvalue weighted by Gasteiger charge is 2.08. The van der Waals surface area contributed by atoms with Crippen LogP contribution in [-0.2, 0) is 6.54 Å². The third kappa shape index (κ3) is 3.84. The zero-order valence-corrected chi connectivity index (χ0v) is 14.6. The number of hydrogen-bond donors (Lipinski definition) is 2. The summed E-state index contributed by atoms with van der Waals surface area (Å²) in [5, 5.41) is 13.2. The SMILES string of the molecule is Cc1ccc([C@H](C)NCc2cc(Br)c(O)c(Br)c2)cc1. The largest absolute Gasteiger partial charge is 0.506 e. The van der Waals surface area contributed by atoms with Gasteiger partial charge in [0.2, 0.25) is 0 Å². The first-order valence-electron chi connectivity index (χ1n) is 6.44. The van der Waals surface area contributed by atoms with Crippen LogP contribution in [0.4, 0.5) is 0 Å². The van der Waals surface area contributed by atoms with Crippen LogP contribution in [0.3, 0.4) is 0 Å². The average molecular weight is 399 g/mol. The number of phenols is 1. The lowest BCUT2D eigenvalue weighted by molar-refractivity contribution is 0.467. The molecule has 0 bridgehead atoms. The topological polar surface area (TPSA) is 32.3 Å². The first-order chi connectivity index (χ1) is 9.47. The Morgan fingerprint density at radius 2 is 1.65 bits per heavy atom. The molecule has 0 aliphatic heterocycles. The molecule has 0 unspecified atom stereocenters. The van der Waals surface area contributed by atoms with E-state index in [0.29, 0.717) is 8.95 Å². The predicted molar refractivity (Wildman–Crippen MR) is 89.9 cm³/mol. The number of aryl methyl sites for hydroxylation is 1. The van der Waals surface area contributed by atoms with Crippen LogP contribution in [0.2, 0.25) is 0 Å². The van der Waals surface area contributed by atoms with Crippen LogP contribution in [0.5, 0.6) is 5.75 Å². The third-order valence-corrected chi connectivity index (χ3v) is 4.48. The fourth-order valence-electron chi connectivity index (χ4n) is 1.96. The smallest absolute Gasteiger partial charge is 0.143 e. The average Bonchev–Trinajstić information content (AvgIpc) is 2.42. The first-order valence-corrected chi connectivity index (χ1v) is 8.03. The van der Waals surface area contributed by atoms with Crippen molar-refractivity contribution in [3.05, 3.63) is 62.0 Å². The molecule has 4 heteroatoms. The maximum absolute atomic E-state index is 9.70. The van der Waals surface area contributed by atoms with E-state index < -0.39 is 0 Å². The standard InChI is InChI=1S/C16H17Br2NO/c1-10-3-5-13(6-4-10)11(2)19-9-12-7-14(17)16(20)15(18)8-12/h3-8,11,19-20H,9H2,1-2H3/t11-/m0/s1. The van der Waals surface area contributed by atoms with Crippen molar-refractivity contribution >= 4 is 31.9 Å². The van der Waals surface area contributed by atoms with Gasteiger partial charge in [-0.2, -0.15) is 0 Å². The van der Waals surface area contributed by atoms with Crippen LogP contribution >= 0.6 is 31.9 Å². The quantitative estimate of drug-likeness (QED) is 0.752. The summed E-state index contributed by atoms with van der Waals surface area (Å²) in [5.74, 6) is 0.236. The van der Waals surface area contributed by atoms with Crippen molar-refractivity contribution in [1.29, 1.82) is 0 Å². The van der Waals surface area contributed by atoms with Crippen molar-refractivity contribution in [2.45, 2.75) is 26.4 Å². The molecule has 0 aromatic heterocycles. The molecule has 0 aliphatic carbocycles. The van der Waals surface area contributed by atoms with Gasteiger partial charge in [0.1, 0.15) is 5.75 Å². The minimum absolute atomic E-state index is 0.236. The summed E-state index contributed by atoms with van der Waals surface area (Å²) in [6, 6.07) is 12.7. The Bertz CT molecular complexity index is 573. The van der Waals surface area contributed by atoms with E-state index in [1.807, 2.05) is 12.1 Å². The van der Waals surface area contributed by atoms with Gasteiger partial charge in [-0.1, -0.05) is 29.8 Å². The first kappa shape index (κ1) is 15.5. The molecular formula is C16H17Br2NO. The summed E-state index contributed by atoms with van der Waals surface area (Å²) in [7, 11) is 0. The molecule has 2 aromatic rings. The lowest BCUT2D eigenvalue weighted by atomic mass is 10.1. The Kier molecular flexibility index (Phi) is 5.24. The number of hydrogen-bond acceptors (Lipinski definition) is 2. The molecule has 0 aliphatic rings. The highest BCUT2D eigenvalue weighted by atomic mass is 79.9. The van der Waals surface area contributed by atoms with Crippen LogP contribution < -0.4 is 5.32 Å². The monoisotopic (exact) mass is 397 g/mol. The fourth-order valence-corrected chi connectivity index (χ4v) is 3.25. The van der Waals surface area contributed by atoms with E-state index in [4.69, 9.17) is 0 Å². The van der Waals surface area contributed by atoms with Crippen LogP contribution in [0.15, 0.2) is 45.3 Å². The predicted octanol–water partition coefficient (Wildman–Crippen LogP) is 5.08. The number of aromatic hydroxyl groups is 1. The molecule has 20 heavy (non-hydrogen) atoms. The number of halogens is 2. The second-order valence-corrected chi connectivity index (χ2v) is 6.63. The summed E-state index contributed by atoms with van der Waals surface area (Å²) >= 11 is 6.70. The molecule has 0 saturated heterocycles. The van der Waals surface area contributed by atoms with Gasteiger partial charge < -0.3 is 10.4 Å². The summed E-state index contributed by atoms with van der Waals surface area (Å²) in [6.45, 7) is 4.98. The van der Waals surface area contributed by atoms with E-state index in [-0.39, 0.29) is 11.8 Å². The lowest BCUT2D eigenvalue weighted by Crippen LogP contribution is -2.18. The van der Waals surface area contributed by atoms with Crippen LogP contribution in [0.25, 0.3) is 0 Å². The number of rotatable bonds is 4. The molecule has 2 aromatic carbocycles. The Balaban J connectivity index is 2.03. The highest BCUT2D eigenvalue weighted by molar-refractivity contribution is 9.11.